The number of nitrogens with two attached hydrogens (primary N) is 1. The zero-order chi connectivity index (χ0) is 9.10. The van der Waals surface area contributed by atoms with Gasteiger partial charge in [0.15, 0.2) is 6.29 Å². The molecule has 2 heterocycles. The Balaban J connectivity index is 2.04. The maximum Gasteiger partial charge on any atom is 0.170 e. The third-order valence-electron chi connectivity index (χ3n) is 1.96. The lowest BCUT2D eigenvalue weighted by molar-refractivity contribution is -0.0503. The van der Waals surface area contributed by atoms with Crippen LogP contribution in [0.25, 0.3) is 0 Å². The minimum atomic E-state index is -0.271. The average molecular weight is 180 g/mol. The summed E-state index contributed by atoms with van der Waals surface area (Å²) in [5.41, 5.74) is 6.31. The molecule has 13 heavy (non-hydrogen) atoms. The van der Waals surface area contributed by atoms with E-state index in [-0.39, 0.29) is 12.4 Å². The largest absolute Gasteiger partial charge is 0.348 e. The van der Waals surface area contributed by atoms with E-state index in [1.165, 1.54) is 0 Å². The Morgan fingerprint density at radius 3 is 3.08 bits per heavy atom. The van der Waals surface area contributed by atoms with Gasteiger partial charge < -0.3 is 15.2 Å². The first-order chi connectivity index (χ1) is 6.40. The summed E-state index contributed by atoms with van der Waals surface area (Å²) in [6, 6.07) is 5.73. The van der Waals surface area contributed by atoms with Crippen LogP contribution in [0.2, 0.25) is 0 Å². The number of ether oxygens (including phenoxy) is 2. The van der Waals surface area contributed by atoms with Crippen molar-refractivity contribution in [3.8, 4) is 0 Å². The van der Waals surface area contributed by atoms with Crippen molar-refractivity contribution >= 4 is 0 Å². The highest BCUT2D eigenvalue weighted by Crippen LogP contribution is 2.23. The van der Waals surface area contributed by atoms with E-state index >= 15 is 0 Å². The Morgan fingerprint density at radius 2 is 2.46 bits per heavy atom. The maximum absolute atomic E-state index is 5.49. The van der Waals surface area contributed by atoms with Gasteiger partial charge >= 0.3 is 0 Å². The average Bonchev–Trinajstić information content (AvgIpc) is 2.67. The highest BCUT2D eigenvalue weighted by Gasteiger charge is 2.26. The fourth-order valence-electron chi connectivity index (χ4n) is 1.30. The Morgan fingerprint density at radius 1 is 1.54 bits per heavy atom. The molecule has 1 fully saturated rings. The monoisotopic (exact) mass is 180 g/mol. The Bertz CT molecular complexity index is 266. The van der Waals surface area contributed by atoms with Crippen LogP contribution in [-0.4, -0.2) is 24.4 Å². The van der Waals surface area contributed by atoms with Crippen molar-refractivity contribution in [1.29, 1.82) is 0 Å². The van der Waals surface area contributed by atoms with Crippen LogP contribution in [0.15, 0.2) is 24.4 Å². The lowest BCUT2D eigenvalue weighted by Gasteiger charge is -2.08. The van der Waals surface area contributed by atoms with Crippen molar-refractivity contribution in [2.45, 2.75) is 12.4 Å². The van der Waals surface area contributed by atoms with E-state index in [1.54, 1.807) is 6.20 Å². The minimum Gasteiger partial charge on any atom is -0.348 e. The second-order valence-corrected chi connectivity index (χ2v) is 2.88. The molecular formula is C9H12N2O2. The van der Waals surface area contributed by atoms with Gasteiger partial charge in [-0.3, -0.25) is 4.98 Å². The Labute approximate surface area is 76.7 Å². The SMILES string of the molecule is NCC1OCC(c2ccccn2)O1. The van der Waals surface area contributed by atoms with Crippen molar-refractivity contribution in [2.75, 3.05) is 13.2 Å². The summed E-state index contributed by atoms with van der Waals surface area (Å²) in [5.74, 6) is 0. The van der Waals surface area contributed by atoms with Crippen LogP contribution in [0.5, 0.6) is 0 Å². The molecule has 2 rings (SSSR count). The molecule has 2 unspecified atom stereocenters. The summed E-state index contributed by atoms with van der Waals surface area (Å²) < 4.78 is 10.8. The summed E-state index contributed by atoms with van der Waals surface area (Å²) in [6.07, 6.45) is 1.41. The first-order valence-electron chi connectivity index (χ1n) is 4.28. The van der Waals surface area contributed by atoms with Crippen LogP contribution in [-0.2, 0) is 9.47 Å². The van der Waals surface area contributed by atoms with Gasteiger partial charge in [0.1, 0.15) is 6.10 Å². The number of hydrogen-bond donors (Lipinski definition) is 1. The zero-order valence-electron chi connectivity index (χ0n) is 7.22. The van der Waals surface area contributed by atoms with Crippen molar-refractivity contribution in [3.63, 3.8) is 0 Å². The van der Waals surface area contributed by atoms with E-state index in [4.69, 9.17) is 15.2 Å². The molecule has 1 aliphatic heterocycles. The van der Waals surface area contributed by atoms with Gasteiger partial charge in [0.25, 0.3) is 0 Å². The van der Waals surface area contributed by atoms with Gasteiger partial charge in [-0.25, -0.2) is 0 Å². The first-order valence-corrected chi connectivity index (χ1v) is 4.28. The summed E-state index contributed by atoms with van der Waals surface area (Å²) in [5, 5.41) is 0. The molecule has 0 spiro atoms. The van der Waals surface area contributed by atoms with E-state index in [9.17, 15) is 0 Å². The highest BCUT2D eigenvalue weighted by molar-refractivity contribution is 5.07. The molecule has 1 aliphatic rings. The van der Waals surface area contributed by atoms with Crippen LogP contribution < -0.4 is 5.73 Å². The molecule has 4 nitrogen and oxygen atoms in total. The van der Waals surface area contributed by atoms with Crippen molar-refractivity contribution in [2.24, 2.45) is 5.73 Å². The number of nitrogens with zero attached hydrogens (tertiary/aromatic N) is 1. The van der Waals surface area contributed by atoms with Crippen LogP contribution in [0.4, 0.5) is 0 Å². The maximum atomic E-state index is 5.49. The minimum absolute atomic E-state index is 0.0604. The Kier molecular flexibility index (Phi) is 2.54. The topological polar surface area (TPSA) is 57.4 Å². The third kappa shape index (κ3) is 1.85. The van der Waals surface area contributed by atoms with Gasteiger partial charge in [-0.05, 0) is 12.1 Å². The van der Waals surface area contributed by atoms with Gasteiger partial charge in [-0.2, -0.15) is 0 Å². The lowest BCUT2D eigenvalue weighted by Crippen LogP contribution is -2.20. The van der Waals surface area contributed by atoms with Crippen molar-refractivity contribution < 1.29 is 9.47 Å². The summed E-state index contributed by atoms with van der Waals surface area (Å²) in [4.78, 5) is 4.18. The molecule has 4 heteroatoms. The quantitative estimate of drug-likeness (QED) is 0.718. The van der Waals surface area contributed by atoms with Gasteiger partial charge in [0, 0.05) is 12.7 Å². The van der Waals surface area contributed by atoms with E-state index in [0.717, 1.165) is 5.69 Å². The molecular weight excluding hydrogens is 168 g/mol. The highest BCUT2D eigenvalue weighted by atomic mass is 16.7. The molecule has 0 amide bonds. The second-order valence-electron chi connectivity index (χ2n) is 2.88. The molecule has 1 aromatic rings. The number of hydrogen-bond acceptors (Lipinski definition) is 4. The van der Waals surface area contributed by atoms with Crippen LogP contribution in [0.3, 0.4) is 0 Å². The summed E-state index contributed by atoms with van der Waals surface area (Å²) in [6.45, 7) is 0.933. The van der Waals surface area contributed by atoms with Crippen molar-refractivity contribution in [1.82, 2.24) is 4.98 Å². The van der Waals surface area contributed by atoms with Crippen LogP contribution >= 0.6 is 0 Å². The first kappa shape index (κ1) is 8.62. The van der Waals surface area contributed by atoms with E-state index in [2.05, 4.69) is 4.98 Å². The summed E-state index contributed by atoms with van der Waals surface area (Å²) >= 11 is 0. The fourth-order valence-corrected chi connectivity index (χ4v) is 1.30. The second kappa shape index (κ2) is 3.83. The molecule has 0 aliphatic carbocycles. The molecule has 70 valence electrons. The molecule has 1 aromatic heterocycles. The Hall–Kier alpha value is -0.970. The number of aromatic nitrogens is 1. The molecule has 0 aromatic carbocycles. The zero-order valence-corrected chi connectivity index (χ0v) is 7.22. The van der Waals surface area contributed by atoms with Gasteiger partial charge in [0.05, 0.1) is 12.3 Å². The number of rotatable bonds is 2. The van der Waals surface area contributed by atoms with E-state index in [1.807, 2.05) is 18.2 Å². The normalized spacial score (nSPS) is 27.8. The summed E-state index contributed by atoms with van der Waals surface area (Å²) in [7, 11) is 0. The van der Waals surface area contributed by atoms with E-state index < -0.39 is 0 Å². The van der Waals surface area contributed by atoms with Gasteiger partial charge in [-0.1, -0.05) is 6.07 Å². The predicted octanol–water partition coefficient (Wildman–Crippen LogP) is 0.454. The molecule has 0 saturated carbocycles. The molecule has 0 radical (unpaired) electrons. The molecule has 1 saturated heterocycles. The standard InChI is InChI=1S/C9H12N2O2/c10-5-9-12-6-8(13-9)7-3-1-2-4-11-7/h1-4,8-9H,5-6,10H2. The van der Waals surface area contributed by atoms with E-state index in [0.29, 0.717) is 13.2 Å². The van der Waals surface area contributed by atoms with Crippen LogP contribution in [0.1, 0.15) is 11.8 Å². The fraction of sp³-hybridized carbons (Fsp3) is 0.444. The lowest BCUT2D eigenvalue weighted by atomic mass is 10.2. The smallest absolute Gasteiger partial charge is 0.170 e. The molecule has 0 bridgehead atoms. The van der Waals surface area contributed by atoms with Gasteiger partial charge in [0.2, 0.25) is 0 Å². The van der Waals surface area contributed by atoms with Crippen LogP contribution in [0, 0.1) is 0 Å². The predicted molar refractivity (Wildman–Crippen MR) is 46.9 cm³/mol. The molecule has 2 atom stereocenters. The van der Waals surface area contributed by atoms with Crippen molar-refractivity contribution in [3.05, 3.63) is 30.1 Å². The number of pyridine rings is 1. The third-order valence-corrected chi connectivity index (χ3v) is 1.96. The van der Waals surface area contributed by atoms with Gasteiger partial charge in [-0.15, -0.1) is 0 Å². The molecule has 2 N–H and O–H groups in total.